The summed E-state index contributed by atoms with van der Waals surface area (Å²) in [4.78, 5) is 14.5. The van der Waals surface area contributed by atoms with E-state index in [1.54, 1.807) is 0 Å². The lowest BCUT2D eigenvalue weighted by Crippen LogP contribution is -2.58. The van der Waals surface area contributed by atoms with Crippen LogP contribution in [0.4, 0.5) is 0 Å². The maximum absolute atomic E-state index is 12.0. The normalized spacial score (nSPS) is 42.5. The predicted octanol–water partition coefficient (Wildman–Crippen LogP) is 0.480. The highest BCUT2D eigenvalue weighted by atomic mass is 16.2. The van der Waals surface area contributed by atoms with Gasteiger partial charge in [-0.25, -0.2) is 0 Å². The Kier molecular flexibility index (Phi) is 3.09. The third-order valence-corrected chi connectivity index (χ3v) is 4.81. The minimum Gasteiger partial charge on any atom is -0.355 e. The van der Waals surface area contributed by atoms with E-state index in [9.17, 15) is 4.79 Å². The Morgan fingerprint density at radius 2 is 1.94 bits per heavy atom. The Morgan fingerprint density at radius 3 is 2.53 bits per heavy atom. The van der Waals surface area contributed by atoms with E-state index in [1.807, 2.05) is 0 Å². The molecule has 0 radical (unpaired) electrons. The van der Waals surface area contributed by atoms with E-state index < -0.39 is 0 Å². The smallest absolute Gasteiger partial charge is 0.237 e. The van der Waals surface area contributed by atoms with E-state index in [0.29, 0.717) is 18.1 Å². The van der Waals surface area contributed by atoms with Crippen LogP contribution in [-0.2, 0) is 4.79 Å². The van der Waals surface area contributed by atoms with Crippen molar-refractivity contribution in [3.8, 4) is 0 Å². The largest absolute Gasteiger partial charge is 0.355 e. The van der Waals surface area contributed by atoms with Crippen molar-refractivity contribution in [1.82, 2.24) is 15.5 Å². The zero-order valence-corrected chi connectivity index (χ0v) is 10.6. The highest BCUT2D eigenvalue weighted by Crippen LogP contribution is 2.38. The number of carbonyl (C=O) groups excluding carboxylic acids is 1. The van der Waals surface area contributed by atoms with Crippen molar-refractivity contribution in [2.45, 2.75) is 62.7 Å². The van der Waals surface area contributed by atoms with Crippen LogP contribution in [0.15, 0.2) is 0 Å². The van der Waals surface area contributed by atoms with Gasteiger partial charge in [0.05, 0.1) is 6.04 Å². The van der Waals surface area contributed by atoms with E-state index in [2.05, 4.69) is 22.6 Å². The fourth-order valence-corrected chi connectivity index (χ4v) is 4.00. The second-order valence-corrected chi connectivity index (χ2v) is 5.74. The van der Waals surface area contributed by atoms with Gasteiger partial charge >= 0.3 is 0 Å². The maximum Gasteiger partial charge on any atom is 0.237 e. The van der Waals surface area contributed by atoms with Crippen LogP contribution >= 0.6 is 0 Å². The van der Waals surface area contributed by atoms with Crippen LogP contribution in [0.5, 0.6) is 0 Å². The number of nitrogens with one attached hydrogen (secondary N) is 2. The Balaban J connectivity index is 1.74. The van der Waals surface area contributed by atoms with Crippen molar-refractivity contribution in [2.75, 3.05) is 13.6 Å². The molecule has 0 aromatic carbocycles. The Morgan fingerprint density at radius 1 is 1.24 bits per heavy atom. The average molecular weight is 237 g/mol. The zero-order chi connectivity index (χ0) is 11.8. The van der Waals surface area contributed by atoms with Crippen molar-refractivity contribution in [1.29, 1.82) is 0 Å². The summed E-state index contributed by atoms with van der Waals surface area (Å²) in [6.07, 6.45) is 7.21. The minimum absolute atomic E-state index is 0.166. The number of piperidine rings is 2. The third kappa shape index (κ3) is 1.97. The van der Waals surface area contributed by atoms with Gasteiger partial charge in [-0.3, -0.25) is 9.69 Å². The first-order valence-corrected chi connectivity index (χ1v) is 7.02. The summed E-state index contributed by atoms with van der Waals surface area (Å²) in [7, 11) is 2.06. The van der Waals surface area contributed by atoms with Gasteiger partial charge in [-0.15, -0.1) is 0 Å². The number of fused-ring (bicyclic) bond motifs is 2. The molecule has 3 fully saturated rings. The lowest BCUT2D eigenvalue weighted by Gasteiger charge is -2.44. The van der Waals surface area contributed by atoms with Crippen molar-refractivity contribution in [2.24, 2.45) is 0 Å². The van der Waals surface area contributed by atoms with Crippen LogP contribution in [0.1, 0.15) is 38.5 Å². The molecule has 3 unspecified atom stereocenters. The SMILES string of the molecule is CNC1CC2CCC(C1)N2C1CCCNC1=O. The molecule has 3 aliphatic heterocycles. The van der Waals surface area contributed by atoms with E-state index >= 15 is 0 Å². The summed E-state index contributed by atoms with van der Waals surface area (Å²) in [6, 6.07) is 2.11. The highest BCUT2D eigenvalue weighted by molar-refractivity contribution is 5.82. The van der Waals surface area contributed by atoms with Gasteiger partial charge in [0.2, 0.25) is 5.91 Å². The van der Waals surface area contributed by atoms with Crippen molar-refractivity contribution < 1.29 is 4.79 Å². The van der Waals surface area contributed by atoms with Crippen LogP contribution in [0.2, 0.25) is 0 Å². The van der Waals surface area contributed by atoms with Crippen LogP contribution < -0.4 is 10.6 Å². The van der Waals surface area contributed by atoms with Gasteiger partial charge in [-0.05, 0) is 45.6 Å². The zero-order valence-electron chi connectivity index (χ0n) is 10.6. The molecule has 4 nitrogen and oxygen atoms in total. The molecule has 2 bridgehead atoms. The molecule has 96 valence electrons. The molecular formula is C13H23N3O. The van der Waals surface area contributed by atoms with Gasteiger partial charge in [-0.1, -0.05) is 0 Å². The summed E-state index contributed by atoms with van der Waals surface area (Å²) in [5.41, 5.74) is 0. The van der Waals surface area contributed by atoms with E-state index in [4.69, 9.17) is 0 Å². The van der Waals surface area contributed by atoms with Gasteiger partial charge in [0.1, 0.15) is 0 Å². The summed E-state index contributed by atoms with van der Waals surface area (Å²) >= 11 is 0. The molecule has 0 spiro atoms. The Bertz CT molecular complexity index is 293. The van der Waals surface area contributed by atoms with Gasteiger partial charge in [0.15, 0.2) is 0 Å². The molecule has 3 saturated heterocycles. The first-order chi connectivity index (χ1) is 8.29. The molecule has 3 heterocycles. The van der Waals surface area contributed by atoms with Crippen molar-refractivity contribution >= 4 is 5.91 Å². The summed E-state index contributed by atoms with van der Waals surface area (Å²) in [6.45, 7) is 0.873. The molecule has 1 amide bonds. The molecule has 0 aromatic heterocycles. The molecule has 3 aliphatic rings. The summed E-state index contributed by atoms with van der Waals surface area (Å²) < 4.78 is 0. The molecule has 17 heavy (non-hydrogen) atoms. The molecule has 0 saturated carbocycles. The molecule has 4 heteroatoms. The molecular weight excluding hydrogens is 214 g/mol. The van der Waals surface area contributed by atoms with Gasteiger partial charge in [-0.2, -0.15) is 0 Å². The quantitative estimate of drug-likeness (QED) is 0.734. The lowest BCUT2D eigenvalue weighted by molar-refractivity contribution is -0.130. The van der Waals surface area contributed by atoms with Gasteiger partial charge in [0, 0.05) is 24.7 Å². The van der Waals surface area contributed by atoms with E-state index in [-0.39, 0.29) is 11.9 Å². The predicted molar refractivity (Wildman–Crippen MR) is 66.8 cm³/mol. The Labute approximate surface area is 103 Å². The van der Waals surface area contributed by atoms with Crippen LogP contribution in [0, 0.1) is 0 Å². The van der Waals surface area contributed by atoms with Crippen LogP contribution in [-0.4, -0.2) is 48.6 Å². The maximum atomic E-state index is 12.0. The highest BCUT2D eigenvalue weighted by Gasteiger charge is 2.45. The third-order valence-electron chi connectivity index (χ3n) is 4.81. The molecule has 0 aliphatic carbocycles. The number of hydrogen-bond donors (Lipinski definition) is 2. The first kappa shape index (κ1) is 11.5. The van der Waals surface area contributed by atoms with Gasteiger partial charge < -0.3 is 10.6 Å². The lowest BCUT2D eigenvalue weighted by atomic mass is 9.93. The second-order valence-electron chi connectivity index (χ2n) is 5.74. The van der Waals surface area contributed by atoms with E-state index in [1.165, 1.54) is 25.7 Å². The number of nitrogens with zero attached hydrogens (tertiary/aromatic N) is 1. The fraction of sp³-hybridized carbons (Fsp3) is 0.923. The number of amides is 1. The first-order valence-electron chi connectivity index (χ1n) is 7.02. The topological polar surface area (TPSA) is 44.4 Å². The average Bonchev–Trinajstić information content (AvgIpc) is 2.60. The number of rotatable bonds is 2. The summed E-state index contributed by atoms with van der Waals surface area (Å²) in [5, 5.41) is 6.44. The molecule has 0 aromatic rings. The standard InChI is InChI=1S/C13H23N3O/c1-14-9-7-10-4-5-11(8-9)16(10)12-3-2-6-15-13(12)17/h9-12,14H,2-8H2,1H3,(H,15,17). The van der Waals surface area contributed by atoms with Crippen LogP contribution in [0.3, 0.4) is 0 Å². The van der Waals surface area contributed by atoms with Crippen molar-refractivity contribution in [3.63, 3.8) is 0 Å². The van der Waals surface area contributed by atoms with Crippen LogP contribution in [0.25, 0.3) is 0 Å². The monoisotopic (exact) mass is 237 g/mol. The van der Waals surface area contributed by atoms with E-state index in [0.717, 1.165) is 19.4 Å². The molecule has 3 atom stereocenters. The molecule has 3 rings (SSSR count). The number of hydrogen-bond acceptors (Lipinski definition) is 3. The summed E-state index contributed by atoms with van der Waals surface area (Å²) in [5.74, 6) is 0.274. The molecule has 2 N–H and O–H groups in total. The van der Waals surface area contributed by atoms with Gasteiger partial charge in [0.25, 0.3) is 0 Å². The Hall–Kier alpha value is -0.610. The van der Waals surface area contributed by atoms with Crippen molar-refractivity contribution in [3.05, 3.63) is 0 Å². The second kappa shape index (κ2) is 4.58. The number of carbonyl (C=O) groups is 1. The fourth-order valence-electron chi connectivity index (χ4n) is 4.00. The minimum atomic E-state index is 0.166.